The molecule has 2 heterocycles. The monoisotopic (exact) mass is 355 g/mol. The largest absolute Gasteiger partial charge is 0.383 e. The fourth-order valence-electron chi connectivity index (χ4n) is 2.50. The van der Waals surface area contributed by atoms with Gasteiger partial charge in [-0.3, -0.25) is 9.69 Å². The number of methoxy groups -OCH3 is 1. The normalized spacial score (nSPS) is 17.9. The maximum absolute atomic E-state index is 12.8. The van der Waals surface area contributed by atoms with Crippen LogP contribution in [0.2, 0.25) is 0 Å². The van der Waals surface area contributed by atoms with E-state index in [-0.39, 0.29) is 5.91 Å². The molecule has 1 fully saturated rings. The van der Waals surface area contributed by atoms with Crippen LogP contribution in [0, 0.1) is 6.92 Å². The molecule has 0 bridgehead atoms. The molecule has 0 radical (unpaired) electrons. The number of amides is 1. The first kappa shape index (κ1) is 17.5. The molecule has 0 saturated carbocycles. The summed E-state index contributed by atoms with van der Waals surface area (Å²) in [5.41, 5.74) is 2.98. The van der Waals surface area contributed by atoms with Crippen LogP contribution in [0.25, 0.3) is 6.08 Å². The number of amidine groups is 1. The topological polar surface area (TPSA) is 46.8 Å². The maximum Gasteiger partial charge on any atom is 0.266 e. The van der Waals surface area contributed by atoms with Gasteiger partial charge in [-0.05, 0) is 49.0 Å². The van der Waals surface area contributed by atoms with E-state index in [2.05, 4.69) is 9.56 Å². The van der Waals surface area contributed by atoms with Crippen molar-refractivity contribution in [1.82, 2.24) is 9.47 Å². The first-order valence-corrected chi connectivity index (χ1v) is 8.88. The fraction of sp³-hybridized carbons (Fsp3) is 0.263. The van der Waals surface area contributed by atoms with Gasteiger partial charge in [0, 0.05) is 25.5 Å². The number of benzene rings is 1. The molecule has 0 spiro atoms. The molecular formula is C19H21N3O2S. The SMILES string of the molecule is COCCN1C(=O)/C(=C/c2ccc(C)n2C)SC1=Nc1ccccc1. The molecule has 0 aliphatic carbocycles. The summed E-state index contributed by atoms with van der Waals surface area (Å²) in [5, 5.41) is 0.686. The predicted molar refractivity (Wildman–Crippen MR) is 103 cm³/mol. The van der Waals surface area contributed by atoms with Crippen molar-refractivity contribution in [2.24, 2.45) is 12.0 Å². The number of para-hydroxylation sites is 1. The number of hydrogen-bond acceptors (Lipinski definition) is 4. The molecule has 1 aliphatic heterocycles. The second-order valence-corrected chi connectivity index (χ2v) is 6.76. The number of aromatic nitrogens is 1. The minimum Gasteiger partial charge on any atom is -0.383 e. The molecular weight excluding hydrogens is 334 g/mol. The highest BCUT2D eigenvalue weighted by Crippen LogP contribution is 2.34. The Morgan fingerprint density at radius 2 is 1.96 bits per heavy atom. The van der Waals surface area contributed by atoms with Gasteiger partial charge in [0.05, 0.1) is 23.7 Å². The predicted octanol–water partition coefficient (Wildman–Crippen LogP) is 3.58. The van der Waals surface area contributed by atoms with E-state index in [9.17, 15) is 4.79 Å². The molecule has 130 valence electrons. The molecule has 6 heteroatoms. The number of carbonyl (C=O) groups is 1. The van der Waals surface area contributed by atoms with Crippen LogP contribution < -0.4 is 0 Å². The minimum absolute atomic E-state index is 0.0319. The van der Waals surface area contributed by atoms with Crippen molar-refractivity contribution in [2.45, 2.75) is 6.92 Å². The van der Waals surface area contributed by atoms with Crippen LogP contribution in [0.3, 0.4) is 0 Å². The molecule has 0 N–H and O–H groups in total. The molecule has 3 rings (SSSR count). The number of carbonyl (C=O) groups excluding carboxylic acids is 1. The third-order valence-corrected chi connectivity index (χ3v) is 5.09. The minimum atomic E-state index is -0.0319. The Kier molecular flexibility index (Phi) is 5.40. The average Bonchev–Trinajstić information content (AvgIpc) is 3.08. The summed E-state index contributed by atoms with van der Waals surface area (Å²) in [6.45, 7) is 2.99. The average molecular weight is 355 g/mol. The zero-order valence-corrected chi connectivity index (χ0v) is 15.4. The van der Waals surface area contributed by atoms with Crippen molar-refractivity contribution >= 4 is 34.6 Å². The summed E-state index contributed by atoms with van der Waals surface area (Å²) < 4.78 is 7.21. The van der Waals surface area contributed by atoms with Gasteiger partial charge in [-0.1, -0.05) is 18.2 Å². The van der Waals surface area contributed by atoms with Crippen molar-refractivity contribution in [1.29, 1.82) is 0 Å². The Morgan fingerprint density at radius 3 is 2.60 bits per heavy atom. The third kappa shape index (κ3) is 3.86. The highest BCUT2D eigenvalue weighted by molar-refractivity contribution is 8.18. The lowest BCUT2D eigenvalue weighted by molar-refractivity contribution is -0.122. The van der Waals surface area contributed by atoms with Crippen LogP contribution in [0.15, 0.2) is 52.4 Å². The van der Waals surface area contributed by atoms with Gasteiger partial charge in [-0.25, -0.2) is 4.99 Å². The molecule has 1 saturated heterocycles. The van der Waals surface area contributed by atoms with Crippen molar-refractivity contribution in [3.05, 3.63) is 58.8 Å². The second kappa shape index (κ2) is 7.72. The summed E-state index contributed by atoms with van der Waals surface area (Å²) in [6, 6.07) is 13.7. The van der Waals surface area contributed by atoms with Gasteiger partial charge in [0.25, 0.3) is 5.91 Å². The smallest absolute Gasteiger partial charge is 0.266 e. The fourth-order valence-corrected chi connectivity index (χ4v) is 3.51. The van der Waals surface area contributed by atoms with Crippen LogP contribution in [0.1, 0.15) is 11.4 Å². The standard InChI is InChI=1S/C19H21N3O2S/c1-14-9-10-16(21(14)2)13-17-18(23)22(11-12-24-3)19(25-17)20-15-7-5-4-6-8-15/h4-10,13H,11-12H2,1-3H3/b17-13-,20-19?. The van der Waals surface area contributed by atoms with Gasteiger partial charge < -0.3 is 9.30 Å². The Bertz CT molecular complexity index is 824. The van der Waals surface area contributed by atoms with Crippen molar-refractivity contribution in [3.8, 4) is 0 Å². The summed E-state index contributed by atoms with van der Waals surface area (Å²) in [7, 11) is 3.62. The first-order valence-electron chi connectivity index (χ1n) is 8.06. The summed E-state index contributed by atoms with van der Waals surface area (Å²) in [5.74, 6) is -0.0319. The van der Waals surface area contributed by atoms with Crippen LogP contribution in [-0.4, -0.2) is 40.8 Å². The van der Waals surface area contributed by atoms with Gasteiger partial charge in [-0.15, -0.1) is 0 Å². The number of nitrogens with zero attached hydrogens (tertiary/aromatic N) is 3. The Hall–Kier alpha value is -2.31. The Labute approximate surface area is 152 Å². The van der Waals surface area contributed by atoms with Gasteiger partial charge >= 0.3 is 0 Å². The van der Waals surface area contributed by atoms with E-state index in [1.54, 1.807) is 12.0 Å². The van der Waals surface area contributed by atoms with E-state index in [0.717, 1.165) is 17.1 Å². The number of thioether (sulfide) groups is 1. The van der Waals surface area contributed by atoms with Gasteiger partial charge in [0.15, 0.2) is 5.17 Å². The van der Waals surface area contributed by atoms with Crippen LogP contribution in [-0.2, 0) is 16.6 Å². The van der Waals surface area contributed by atoms with Crippen LogP contribution in [0.4, 0.5) is 5.69 Å². The summed E-state index contributed by atoms with van der Waals surface area (Å²) in [4.78, 5) is 19.8. The lowest BCUT2D eigenvalue weighted by Crippen LogP contribution is -2.32. The molecule has 0 atom stereocenters. The van der Waals surface area contributed by atoms with Gasteiger partial charge in [0.2, 0.25) is 0 Å². The lowest BCUT2D eigenvalue weighted by atomic mass is 10.3. The van der Waals surface area contributed by atoms with E-state index in [1.807, 2.05) is 62.5 Å². The summed E-state index contributed by atoms with van der Waals surface area (Å²) in [6.07, 6.45) is 1.92. The molecule has 5 nitrogen and oxygen atoms in total. The number of ether oxygens (including phenoxy) is 1. The molecule has 1 aliphatic rings. The zero-order chi connectivity index (χ0) is 17.8. The molecule has 0 unspecified atom stereocenters. The third-order valence-electron chi connectivity index (χ3n) is 4.08. The molecule has 1 aromatic carbocycles. The van der Waals surface area contributed by atoms with Crippen molar-refractivity contribution in [3.63, 3.8) is 0 Å². The maximum atomic E-state index is 12.8. The lowest BCUT2D eigenvalue weighted by Gasteiger charge is -2.14. The van der Waals surface area contributed by atoms with Crippen LogP contribution in [0.5, 0.6) is 0 Å². The Morgan fingerprint density at radius 1 is 1.20 bits per heavy atom. The molecule has 2 aromatic rings. The van der Waals surface area contributed by atoms with E-state index in [4.69, 9.17) is 4.74 Å². The summed E-state index contributed by atoms with van der Waals surface area (Å²) >= 11 is 1.40. The second-order valence-electron chi connectivity index (χ2n) is 5.75. The van der Waals surface area contributed by atoms with Crippen molar-refractivity contribution < 1.29 is 9.53 Å². The molecule has 25 heavy (non-hydrogen) atoms. The highest BCUT2D eigenvalue weighted by atomic mass is 32.2. The Balaban J connectivity index is 1.93. The van der Waals surface area contributed by atoms with Gasteiger partial charge in [0.1, 0.15) is 0 Å². The van der Waals surface area contributed by atoms with E-state index in [1.165, 1.54) is 11.8 Å². The van der Waals surface area contributed by atoms with E-state index in [0.29, 0.717) is 23.2 Å². The molecule has 1 amide bonds. The van der Waals surface area contributed by atoms with Gasteiger partial charge in [-0.2, -0.15) is 0 Å². The van der Waals surface area contributed by atoms with E-state index >= 15 is 0 Å². The first-order chi connectivity index (χ1) is 12.1. The van der Waals surface area contributed by atoms with E-state index < -0.39 is 0 Å². The number of rotatable bonds is 5. The van der Waals surface area contributed by atoms with Crippen molar-refractivity contribution in [2.75, 3.05) is 20.3 Å². The number of aryl methyl sites for hydroxylation is 1. The molecule has 1 aromatic heterocycles. The van der Waals surface area contributed by atoms with Crippen LogP contribution >= 0.6 is 11.8 Å². The number of aliphatic imine (C=N–C) groups is 1. The quantitative estimate of drug-likeness (QED) is 0.770. The zero-order valence-electron chi connectivity index (χ0n) is 14.6. The number of hydrogen-bond donors (Lipinski definition) is 0. The highest BCUT2D eigenvalue weighted by Gasteiger charge is 2.33.